The Bertz CT molecular complexity index is 636. The van der Waals surface area contributed by atoms with E-state index >= 15 is 0 Å². The van der Waals surface area contributed by atoms with Crippen LogP contribution in [0, 0.1) is 25.7 Å². The molecule has 0 unspecified atom stereocenters. The number of rotatable bonds is 3. The molecule has 3 rings (SSSR count). The maximum Gasteiger partial charge on any atom is 0.145 e. The van der Waals surface area contributed by atoms with Gasteiger partial charge in [-0.3, -0.25) is 0 Å². The van der Waals surface area contributed by atoms with Gasteiger partial charge < -0.3 is 10.3 Å². The molecule has 0 spiro atoms. The topological polar surface area (TPSA) is 56.7 Å². The molecule has 0 saturated heterocycles. The molecule has 1 saturated carbocycles. The second-order valence-corrected chi connectivity index (χ2v) is 6.73. The van der Waals surface area contributed by atoms with Crippen LogP contribution in [-0.4, -0.2) is 14.5 Å². The monoisotopic (exact) mass is 286 g/mol. The van der Waals surface area contributed by atoms with Crippen LogP contribution in [0.2, 0.25) is 0 Å². The zero-order valence-electron chi connectivity index (χ0n) is 13.4. The number of hydrogen-bond acceptors (Lipinski definition) is 3. The average molecular weight is 286 g/mol. The van der Waals surface area contributed by atoms with Crippen molar-refractivity contribution >= 4 is 16.9 Å². The van der Waals surface area contributed by atoms with Crippen molar-refractivity contribution in [2.45, 2.75) is 59.4 Å². The number of nitrogen functional groups attached to an aromatic ring is 1. The Hall–Kier alpha value is -1.58. The lowest BCUT2D eigenvalue weighted by atomic mass is 9.81. The average Bonchev–Trinajstić information content (AvgIpc) is 2.72. The molecule has 0 aliphatic heterocycles. The van der Waals surface area contributed by atoms with Crippen molar-refractivity contribution < 1.29 is 0 Å². The highest BCUT2D eigenvalue weighted by Crippen LogP contribution is 2.32. The summed E-state index contributed by atoms with van der Waals surface area (Å²) in [4.78, 5) is 8.61. The second-order valence-electron chi connectivity index (χ2n) is 6.73. The highest BCUT2D eigenvalue weighted by Gasteiger charge is 2.20. The molecule has 4 nitrogen and oxygen atoms in total. The summed E-state index contributed by atoms with van der Waals surface area (Å²) in [6.07, 6.45) is 8.38. The molecule has 0 bridgehead atoms. The number of fused-ring (bicyclic) bond motifs is 1. The lowest BCUT2D eigenvalue weighted by Gasteiger charge is -2.26. The minimum Gasteiger partial charge on any atom is -0.383 e. The van der Waals surface area contributed by atoms with Crippen LogP contribution in [0.5, 0.6) is 0 Å². The normalized spacial score (nSPS) is 22.8. The van der Waals surface area contributed by atoms with Gasteiger partial charge in [-0.1, -0.05) is 32.6 Å². The number of hydrogen-bond donors (Lipinski definition) is 1. The molecular weight excluding hydrogens is 260 g/mol. The Labute approximate surface area is 126 Å². The fraction of sp³-hybridized carbons (Fsp3) is 0.647. The number of anilines is 1. The molecule has 2 N–H and O–H groups in total. The quantitative estimate of drug-likeness (QED) is 0.932. The van der Waals surface area contributed by atoms with E-state index in [1.54, 1.807) is 6.33 Å². The Morgan fingerprint density at radius 3 is 2.62 bits per heavy atom. The van der Waals surface area contributed by atoms with Crippen molar-refractivity contribution in [2.75, 3.05) is 5.73 Å². The minimum absolute atomic E-state index is 0.603. The lowest BCUT2D eigenvalue weighted by molar-refractivity contribution is 0.269. The highest BCUT2D eigenvalue weighted by atomic mass is 15.1. The molecule has 0 atom stereocenters. The van der Waals surface area contributed by atoms with Gasteiger partial charge in [0, 0.05) is 12.2 Å². The standard InChI is InChI=1S/C17H26N4/c1-11-4-6-14(7-5-11)8-9-21-13(3)12(2)15-16(18)19-10-20-17(15)21/h10-11,14H,4-9H2,1-3H3,(H2,18,19,20). The summed E-state index contributed by atoms with van der Waals surface area (Å²) in [5.74, 6) is 2.40. The van der Waals surface area contributed by atoms with Crippen LogP contribution >= 0.6 is 0 Å². The molecule has 2 aromatic heterocycles. The summed E-state index contributed by atoms with van der Waals surface area (Å²) in [5.41, 5.74) is 9.53. The van der Waals surface area contributed by atoms with Gasteiger partial charge in [-0.05, 0) is 37.7 Å². The Morgan fingerprint density at radius 2 is 1.90 bits per heavy atom. The summed E-state index contributed by atoms with van der Waals surface area (Å²) in [6, 6.07) is 0. The van der Waals surface area contributed by atoms with Gasteiger partial charge in [0.05, 0.1) is 5.39 Å². The third-order valence-electron chi connectivity index (χ3n) is 5.33. The van der Waals surface area contributed by atoms with Gasteiger partial charge in [-0.15, -0.1) is 0 Å². The largest absolute Gasteiger partial charge is 0.383 e. The van der Waals surface area contributed by atoms with Crippen molar-refractivity contribution in [3.63, 3.8) is 0 Å². The first kappa shape index (κ1) is 14.4. The third-order valence-corrected chi connectivity index (χ3v) is 5.33. The van der Waals surface area contributed by atoms with Crippen molar-refractivity contribution in [3.05, 3.63) is 17.6 Å². The van der Waals surface area contributed by atoms with Crippen LogP contribution < -0.4 is 5.73 Å². The lowest BCUT2D eigenvalue weighted by Crippen LogP contribution is -2.15. The van der Waals surface area contributed by atoms with E-state index in [4.69, 9.17) is 5.73 Å². The van der Waals surface area contributed by atoms with Gasteiger partial charge in [0.25, 0.3) is 0 Å². The Kier molecular flexibility index (Phi) is 3.87. The number of aromatic nitrogens is 3. The zero-order chi connectivity index (χ0) is 15.0. The molecule has 21 heavy (non-hydrogen) atoms. The smallest absolute Gasteiger partial charge is 0.145 e. The van der Waals surface area contributed by atoms with E-state index in [9.17, 15) is 0 Å². The Balaban J connectivity index is 1.81. The number of nitrogens with two attached hydrogens (primary N) is 1. The maximum atomic E-state index is 6.03. The summed E-state index contributed by atoms with van der Waals surface area (Å²) < 4.78 is 2.33. The van der Waals surface area contributed by atoms with E-state index in [-0.39, 0.29) is 0 Å². The van der Waals surface area contributed by atoms with Gasteiger partial charge in [0.1, 0.15) is 17.8 Å². The van der Waals surface area contributed by atoms with Gasteiger partial charge in [0.15, 0.2) is 0 Å². The molecule has 4 heteroatoms. The summed E-state index contributed by atoms with van der Waals surface area (Å²) in [6.45, 7) is 7.71. The van der Waals surface area contributed by atoms with E-state index in [0.29, 0.717) is 5.82 Å². The Morgan fingerprint density at radius 1 is 1.19 bits per heavy atom. The minimum atomic E-state index is 0.603. The third kappa shape index (κ3) is 2.63. The molecule has 1 aliphatic rings. The predicted molar refractivity (Wildman–Crippen MR) is 87.2 cm³/mol. The zero-order valence-corrected chi connectivity index (χ0v) is 13.4. The molecule has 2 heterocycles. The van der Waals surface area contributed by atoms with Gasteiger partial charge in [-0.25, -0.2) is 9.97 Å². The summed E-state index contributed by atoms with van der Waals surface area (Å²) in [7, 11) is 0. The fourth-order valence-electron chi connectivity index (χ4n) is 3.70. The molecule has 1 fully saturated rings. The molecular formula is C17H26N4. The molecule has 2 aromatic rings. The van der Waals surface area contributed by atoms with Crippen LogP contribution in [0.25, 0.3) is 11.0 Å². The van der Waals surface area contributed by atoms with Gasteiger partial charge in [0.2, 0.25) is 0 Å². The van der Waals surface area contributed by atoms with Crippen LogP contribution in [-0.2, 0) is 6.54 Å². The van der Waals surface area contributed by atoms with Crippen LogP contribution in [0.1, 0.15) is 50.3 Å². The van der Waals surface area contributed by atoms with Crippen LogP contribution in [0.4, 0.5) is 5.82 Å². The van der Waals surface area contributed by atoms with E-state index < -0.39 is 0 Å². The second kappa shape index (κ2) is 5.66. The predicted octanol–water partition coefficient (Wildman–Crippen LogP) is 3.85. The summed E-state index contributed by atoms with van der Waals surface area (Å²) >= 11 is 0. The van der Waals surface area contributed by atoms with E-state index in [1.807, 2.05) is 0 Å². The van der Waals surface area contributed by atoms with Crippen molar-refractivity contribution in [2.24, 2.45) is 11.8 Å². The first-order valence-corrected chi connectivity index (χ1v) is 8.13. The molecule has 0 radical (unpaired) electrons. The first-order chi connectivity index (χ1) is 10.1. The molecule has 0 aromatic carbocycles. The van der Waals surface area contributed by atoms with Crippen molar-refractivity contribution in [1.29, 1.82) is 0 Å². The maximum absolute atomic E-state index is 6.03. The van der Waals surface area contributed by atoms with Gasteiger partial charge in [-0.2, -0.15) is 0 Å². The van der Waals surface area contributed by atoms with Crippen molar-refractivity contribution in [1.82, 2.24) is 14.5 Å². The summed E-state index contributed by atoms with van der Waals surface area (Å²) in [5, 5.41) is 1.03. The fourth-order valence-corrected chi connectivity index (χ4v) is 3.70. The molecule has 1 aliphatic carbocycles. The van der Waals surface area contributed by atoms with E-state index in [1.165, 1.54) is 43.4 Å². The molecule has 0 amide bonds. The van der Waals surface area contributed by atoms with E-state index in [2.05, 4.69) is 35.3 Å². The highest BCUT2D eigenvalue weighted by molar-refractivity contribution is 5.90. The van der Waals surface area contributed by atoms with Gasteiger partial charge >= 0.3 is 0 Å². The van der Waals surface area contributed by atoms with Crippen LogP contribution in [0.15, 0.2) is 6.33 Å². The van der Waals surface area contributed by atoms with E-state index in [0.717, 1.165) is 29.4 Å². The number of nitrogens with zero attached hydrogens (tertiary/aromatic N) is 3. The molecule has 114 valence electrons. The van der Waals surface area contributed by atoms with Crippen LogP contribution in [0.3, 0.4) is 0 Å². The van der Waals surface area contributed by atoms with Crippen molar-refractivity contribution in [3.8, 4) is 0 Å². The SMILES string of the molecule is Cc1c(C)n(CCC2CCC(C)CC2)c2ncnc(N)c12. The number of aryl methyl sites for hydroxylation is 2. The first-order valence-electron chi connectivity index (χ1n) is 8.13.